The lowest BCUT2D eigenvalue weighted by Gasteiger charge is -2.15. The van der Waals surface area contributed by atoms with Crippen LogP contribution in [0, 0.1) is 5.82 Å². The summed E-state index contributed by atoms with van der Waals surface area (Å²) in [5.74, 6) is -3.93. The molecule has 0 unspecified atom stereocenters. The fourth-order valence-electron chi connectivity index (χ4n) is 2.56. The number of rotatable bonds is 5. The summed E-state index contributed by atoms with van der Waals surface area (Å²) >= 11 is 0. The maximum Gasteiger partial charge on any atom is 0.299 e. The number of ketones is 1. The number of fused-ring (bicyclic) bond motifs is 1. The van der Waals surface area contributed by atoms with E-state index in [1.165, 1.54) is 42.5 Å². The van der Waals surface area contributed by atoms with Crippen molar-refractivity contribution in [1.29, 1.82) is 0 Å². The molecule has 0 aliphatic carbocycles. The summed E-state index contributed by atoms with van der Waals surface area (Å²) in [5.41, 5.74) is 0.573. The van der Waals surface area contributed by atoms with Crippen LogP contribution in [0.5, 0.6) is 0 Å². The molecule has 2 aromatic rings. The first-order valence-corrected chi connectivity index (χ1v) is 8.23. The maximum absolute atomic E-state index is 12.8. The number of nitrogens with one attached hydrogen (secondary N) is 3. The van der Waals surface area contributed by atoms with Crippen LogP contribution in [0.15, 0.2) is 42.5 Å². The van der Waals surface area contributed by atoms with E-state index < -0.39 is 35.2 Å². The van der Waals surface area contributed by atoms with E-state index in [4.69, 9.17) is 0 Å². The standard InChI is InChI=1S/C19H14FN3O5/c20-10-1-3-11(4-2-10)21-15(24)7-8-16(25)22-12-5-6-13-14(9-12)17(26)19(28)23-18(13)27/h1-6,9H,7-8H2,(H,21,24)(H,22,25)(H,23,27,28). The summed E-state index contributed by atoms with van der Waals surface area (Å²) in [7, 11) is 0. The van der Waals surface area contributed by atoms with Crippen molar-refractivity contribution in [2.24, 2.45) is 0 Å². The number of benzene rings is 2. The van der Waals surface area contributed by atoms with E-state index >= 15 is 0 Å². The van der Waals surface area contributed by atoms with E-state index in [2.05, 4.69) is 10.6 Å². The van der Waals surface area contributed by atoms with Crippen molar-refractivity contribution in [3.63, 3.8) is 0 Å². The third-order valence-electron chi connectivity index (χ3n) is 3.93. The number of imide groups is 1. The Morgan fingerprint density at radius 3 is 2.00 bits per heavy atom. The highest BCUT2D eigenvalue weighted by molar-refractivity contribution is 6.49. The topological polar surface area (TPSA) is 121 Å². The number of amides is 4. The molecular weight excluding hydrogens is 369 g/mol. The Labute approximate surface area is 158 Å². The van der Waals surface area contributed by atoms with Gasteiger partial charge in [0, 0.05) is 29.8 Å². The summed E-state index contributed by atoms with van der Waals surface area (Å²) in [6, 6.07) is 9.17. The molecule has 4 amide bonds. The van der Waals surface area contributed by atoms with Crippen molar-refractivity contribution in [3.8, 4) is 0 Å². The number of anilines is 2. The highest BCUT2D eigenvalue weighted by Crippen LogP contribution is 2.20. The van der Waals surface area contributed by atoms with Crippen molar-refractivity contribution < 1.29 is 28.4 Å². The van der Waals surface area contributed by atoms with Crippen molar-refractivity contribution in [2.45, 2.75) is 12.8 Å². The normalized spacial score (nSPS) is 12.8. The van der Waals surface area contributed by atoms with Gasteiger partial charge in [0.1, 0.15) is 5.82 Å². The lowest BCUT2D eigenvalue weighted by molar-refractivity contribution is -0.121. The zero-order chi connectivity index (χ0) is 20.3. The van der Waals surface area contributed by atoms with Gasteiger partial charge in [0.05, 0.1) is 5.56 Å². The van der Waals surface area contributed by atoms with E-state index in [-0.39, 0.29) is 29.7 Å². The van der Waals surface area contributed by atoms with Crippen molar-refractivity contribution in [3.05, 3.63) is 59.4 Å². The second-order valence-corrected chi connectivity index (χ2v) is 5.98. The highest BCUT2D eigenvalue weighted by atomic mass is 19.1. The minimum atomic E-state index is -1.03. The van der Waals surface area contributed by atoms with Gasteiger partial charge in [0.2, 0.25) is 11.8 Å². The molecule has 0 saturated carbocycles. The van der Waals surface area contributed by atoms with Crippen LogP contribution in [-0.4, -0.2) is 29.4 Å². The first-order valence-electron chi connectivity index (χ1n) is 8.23. The molecule has 3 N–H and O–H groups in total. The third kappa shape index (κ3) is 4.26. The summed E-state index contributed by atoms with van der Waals surface area (Å²) in [5, 5.41) is 6.96. The Morgan fingerprint density at radius 1 is 0.786 bits per heavy atom. The smallest absolute Gasteiger partial charge is 0.299 e. The minimum Gasteiger partial charge on any atom is -0.326 e. The molecule has 8 nitrogen and oxygen atoms in total. The fourth-order valence-corrected chi connectivity index (χ4v) is 2.56. The molecule has 3 rings (SSSR count). The molecule has 142 valence electrons. The van der Waals surface area contributed by atoms with Gasteiger partial charge in [0.15, 0.2) is 0 Å². The number of Topliss-reactive ketones (excluding diaryl/α,β-unsaturated/α-hetero) is 1. The zero-order valence-electron chi connectivity index (χ0n) is 14.4. The van der Waals surface area contributed by atoms with Gasteiger partial charge in [-0.1, -0.05) is 0 Å². The fraction of sp³-hybridized carbons (Fsp3) is 0.105. The summed E-state index contributed by atoms with van der Waals surface area (Å²) in [4.78, 5) is 58.8. The first kappa shape index (κ1) is 18.9. The van der Waals surface area contributed by atoms with Crippen LogP contribution in [0.2, 0.25) is 0 Å². The van der Waals surface area contributed by atoms with Crippen LogP contribution < -0.4 is 16.0 Å². The molecular formula is C19H14FN3O5. The van der Waals surface area contributed by atoms with Crippen molar-refractivity contribution in [1.82, 2.24) is 5.32 Å². The van der Waals surface area contributed by atoms with Crippen LogP contribution in [0.1, 0.15) is 33.6 Å². The molecule has 0 saturated heterocycles. The zero-order valence-corrected chi connectivity index (χ0v) is 14.4. The Kier molecular flexibility index (Phi) is 5.25. The molecule has 0 radical (unpaired) electrons. The molecule has 1 heterocycles. The molecule has 0 bridgehead atoms. The molecule has 2 aromatic carbocycles. The van der Waals surface area contributed by atoms with Crippen LogP contribution in [0.25, 0.3) is 0 Å². The van der Waals surface area contributed by atoms with Gasteiger partial charge in [-0.05, 0) is 42.5 Å². The Balaban J connectivity index is 1.57. The third-order valence-corrected chi connectivity index (χ3v) is 3.93. The molecule has 0 spiro atoms. The SMILES string of the molecule is O=C(CCC(=O)Nc1ccc2c(c1)C(=O)C(=O)NC2=O)Nc1ccc(F)cc1. The summed E-state index contributed by atoms with van der Waals surface area (Å²) in [6.07, 6.45) is -0.258. The lowest BCUT2D eigenvalue weighted by Crippen LogP contribution is -2.42. The van der Waals surface area contributed by atoms with Gasteiger partial charge in [-0.25, -0.2) is 4.39 Å². The average molecular weight is 383 g/mol. The van der Waals surface area contributed by atoms with Crippen LogP contribution in [-0.2, 0) is 14.4 Å². The lowest BCUT2D eigenvalue weighted by atomic mass is 9.98. The largest absolute Gasteiger partial charge is 0.326 e. The highest BCUT2D eigenvalue weighted by Gasteiger charge is 2.30. The second kappa shape index (κ2) is 7.78. The second-order valence-electron chi connectivity index (χ2n) is 5.98. The van der Waals surface area contributed by atoms with Gasteiger partial charge in [-0.15, -0.1) is 0 Å². The van der Waals surface area contributed by atoms with Gasteiger partial charge in [-0.2, -0.15) is 0 Å². The quantitative estimate of drug-likeness (QED) is 0.535. The maximum atomic E-state index is 12.8. The number of carbonyl (C=O) groups is 5. The summed E-state index contributed by atoms with van der Waals surface area (Å²) in [6.45, 7) is 0. The predicted molar refractivity (Wildman–Crippen MR) is 96.1 cm³/mol. The van der Waals surface area contributed by atoms with Gasteiger partial charge >= 0.3 is 0 Å². The average Bonchev–Trinajstić information content (AvgIpc) is 2.66. The van der Waals surface area contributed by atoms with E-state index in [1.807, 2.05) is 5.32 Å². The molecule has 0 atom stereocenters. The van der Waals surface area contributed by atoms with E-state index in [0.29, 0.717) is 5.69 Å². The van der Waals surface area contributed by atoms with Crippen LogP contribution in [0.3, 0.4) is 0 Å². The van der Waals surface area contributed by atoms with Crippen molar-refractivity contribution >= 4 is 40.8 Å². The number of halogens is 1. The predicted octanol–water partition coefficient (Wildman–Crippen LogP) is 1.64. The van der Waals surface area contributed by atoms with Crippen molar-refractivity contribution in [2.75, 3.05) is 10.6 Å². The molecule has 0 fully saturated rings. The minimum absolute atomic E-state index is 0.0428. The molecule has 1 aliphatic heterocycles. The molecule has 1 aliphatic rings. The van der Waals surface area contributed by atoms with Gasteiger partial charge < -0.3 is 10.6 Å². The first-order chi connectivity index (χ1) is 13.3. The molecule has 9 heteroatoms. The van der Waals surface area contributed by atoms with E-state index in [1.54, 1.807) is 0 Å². The van der Waals surface area contributed by atoms with E-state index in [9.17, 15) is 28.4 Å². The summed E-state index contributed by atoms with van der Waals surface area (Å²) < 4.78 is 12.8. The number of hydrogen-bond acceptors (Lipinski definition) is 5. The number of carbonyl (C=O) groups excluding carboxylic acids is 5. The number of hydrogen-bond donors (Lipinski definition) is 3. The van der Waals surface area contributed by atoms with Gasteiger partial charge in [0.25, 0.3) is 17.6 Å². The Morgan fingerprint density at radius 2 is 1.36 bits per heavy atom. The van der Waals surface area contributed by atoms with Crippen LogP contribution in [0.4, 0.5) is 15.8 Å². The molecule has 28 heavy (non-hydrogen) atoms. The molecule has 0 aromatic heterocycles. The monoisotopic (exact) mass is 383 g/mol. The van der Waals surface area contributed by atoms with Crippen LogP contribution >= 0.6 is 0 Å². The Bertz CT molecular complexity index is 1000. The van der Waals surface area contributed by atoms with E-state index in [0.717, 1.165) is 0 Å². The van der Waals surface area contributed by atoms with Gasteiger partial charge in [-0.3, -0.25) is 29.3 Å². The Hall–Kier alpha value is -3.88.